The summed E-state index contributed by atoms with van der Waals surface area (Å²) in [5, 5.41) is 9.17. The summed E-state index contributed by atoms with van der Waals surface area (Å²) in [6, 6.07) is 5.33. The predicted molar refractivity (Wildman–Crippen MR) is 69.9 cm³/mol. The summed E-state index contributed by atoms with van der Waals surface area (Å²) < 4.78 is 7.37. The maximum atomic E-state index is 11.2. The third-order valence-electron chi connectivity index (χ3n) is 2.56. The molecule has 1 aromatic carbocycles. The van der Waals surface area contributed by atoms with Crippen LogP contribution in [-0.4, -0.2) is 27.7 Å². The Balaban J connectivity index is 2.56. The smallest absolute Gasteiger partial charge is 0.354 e. The Morgan fingerprint density at radius 2 is 2.22 bits per heavy atom. The molecule has 0 bridgehead atoms. The van der Waals surface area contributed by atoms with Gasteiger partial charge in [-0.3, -0.25) is 0 Å². The summed E-state index contributed by atoms with van der Waals surface area (Å²) in [6.07, 6.45) is 1.48. The van der Waals surface area contributed by atoms with E-state index in [9.17, 15) is 4.79 Å². The minimum absolute atomic E-state index is 0.159. The predicted octanol–water partition coefficient (Wildman–Crippen LogP) is 2.56. The molecule has 1 N–H and O–H groups in total. The molecule has 94 valence electrons. The number of methoxy groups -OCH3 is 1. The molecule has 0 radical (unpaired) electrons. The van der Waals surface area contributed by atoms with E-state index >= 15 is 0 Å². The van der Waals surface area contributed by atoms with Gasteiger partial charge in [0.05, 0.1) is 17.9 Å². The first-order valence-electron chi connectivity index (χ1n) is 5.13. The van der Waals surface area contributed by atoms with E-state index in [1.54, 1.807) is 32.4 Å². The number of aromatic nitrogens is 2. The second kappa shape index (κ2) is 4.81. The van der Waals surface area contributed by atoms with Crippen LogP contribution in [-0.2, 0) is 7.05 Å². The number of benzene rings is 1. The van der Waals surface area contributed by atoms with Crippen LogP contribution in [0.25, 0.3) is 11.3 Å². The minimum atomic E-state index is -1.00. The highest BCUT2D eigenvalue weighted by molar-refractivity contribution is 9.10. The lowest BCUT2D eigenvalue weighted by Gasteiger charge is -2.06. The number of rotatable bonds is 3. The summed E-state index contributed by atoms with van der Waals surface area (Å²) in [6.45, 7) is 0. The molecule has 2 rings (SSSR count). The molecule has 1 aromatic heterocycles. The fraction of sp³-hybridized carbons (Fsp3) is 0.167. The molecule has 0 saturated carbocycles. The molecule has 0 atom stereocenters. The number of halogens is 1. The Morgan fingerprint density at radius 3 is 2.78 bits per heavy atom. The van der Waals surface area contributed by atoms with Crippen LogP contribution in [0.3, 0.4) is 0 Å². The quantitative estimate of drug-likeness (QED) is 0.946. The van der Waals surface area contributed by atoms with E-state index in [0.717, 1.165) is 10.0 Å². The number of carbonyl (C=O) groups is 1. The van der Waals surface area contributed by atoms with Crippen molar-refractivity contribution in [2.75, 3.05) is 7.11 Å². The van der Waals surface area contributed by atoms with Crippen molar-refractivity contribution in [3.8, 4) is 17.0 Å². The molecule has 1 heterocycles. The molecule has 0 amide bonds. The first kappa shape index (κ1) is 12.6. The molecule has 6 heteroatoms. The second-order valence-corrected chi connectivity index (χ2v) is 4.56. The molecule has 0 saturated heterocycles. The number of hydrogen-bond donors (Lipinski definition) is 1. The maximum Gasteiger partial charge on any atom is 0.354 e. The van der Waals surface area contributed by atoms with Gasteiger partial charge in [-0.05, 0) is 34.1 Å². The number of carboxylic acid groups (broad SMARTS) is 1. The van der Waals surface area contributed by atoms with Crippen molar-refractivity contribution in [3.05, 3.63) is 34.7 Å². The minimum Gasteiger partial charge on any atom is -0.496 e. The summed E-state index contributed by atoms with van der Waals surface area (Å²) in [4.78, 5) is 15.3. The van der Waals surface area contributed by atoms with E-state index in [-0.39, 0.29) is 5.69 Å². The summed E-state index contributed by atoms with van der Waals surface area (Å²) in [5.74, 6) is -0.316. The van der Waals surface area contributed by atoms with Gasteiger partial charge in [-0.15, -0.1) is 0 Å². The average Bonchev–Trinajstić information content (AvgIpc) is 2.71. The molecule has 0 aliphatic carbocycles. The number of aromatic carboxylic acids is 1. The van der Waals surface area contributed by atoms with E-state index in [1.807, 2.05) is 0 Å². The van der Waals surface area contributed by atoms with Gasteiger partial charge in [0.25, 0.3) is 0 Å². The zero-order valence-electron chi connectivity index (χ0n) is 9.85. The molecule has 0 aliphatic rings. The Kier molecular flexibility index (Phi) is 3.38. The summed E-state index contributed by atoms with van der Waals surface area (Å²) >= 11 is 3.37. The lowest BCUT2D eigenvalue weighted by atomic mass is 10.1. The van der Waals surface area contributed by atoms with E-state index in [2.05, 4.69) is 20.9 Å². The van der Waals surface area contributed by atoms with E-state index in [0.29, 0.717) is 11.4 Å². The molecule has 5 nitrogen and oxygen atoms in total. The van der Waals surface area contributed by atoms with Crippen LogP contribution in [0.5, 0.6) is 5.75 Å². The highest BCUT2D eigenvalue weighted by Crippen LogP contribution is 2.31. The highest BCUT2D eigenvalue weighted by atomic mass is 79.9. The van der Waals surface area contributed by atoms with Crippen LogP contribution in [0, 0.1) is 0 Å². The number of imidazole rings is 1. The molecule has 2 aromatic rings. The fourth-order valence-corrected chi connectivity index (χ4v) is 2.25. The molecule has 0 fully saturated rings. The topological polar surface area (TPSA) is 64.4 Å². The van der Waals surface area contributed by atoms with Crippen LogP contribution < -0.4 is 4.74 Å². The van der Waals surface area contributed by atoms with Crippen molar-refractivity contribution in [3.63, 3.8) is 0 Å². The largest absolute Gasteiger partial charge is 0.496 e. The third-order valence-corrected chi connectivity index (χ3v) is 3.18. The van der Waals surface area contributed by atoms with Gasteiger partial charge in [-0.25, -0.2) is 9.78 Å². The summed E-state index contributed by atoms with van der Waals surface area (Å²) in [7, 11) is 3.22. The monoisotopic (exact) mass is 310 g/mol. The van der Waals surface area contributed by atoms with Crippen molar-refractivity contribution in [1.82, 2.24) is 9.55 Å². The first-order chi connectivity index (χ1) is 8.54. The van der Waals surface area contributed by atoms with Crippen LogP contribution in [0.4, 0.5) is 0 Å². The highest BCUT2D eigenvalue weighted by Gasteiger charge is 2.18. The van der Waals surface area contributed by atoms with Crippen LogP contribution >= 0.6 is 15.9 Å². The van der Waals surface area contributed by atoms with Crippen LogP contribution in [0.1, 0.15) is 10.5 Å². The molecular weight excluding hydrogens is 300 g/mol. The van der Waals surface area contributed by atoms with Crippen molar-refractivity contribution in [2.45, 2.75) is 0 Å². The third kappa shape index (κ3) is 2.11. The van der Waals surface area contributed by atoms with Gasteiger partial charge < -0.3 is 14.4 Å². The first-order valence-corrected chi connectivity index (χ1v) is 5.92. The molecular formula is C12H11BrN2O3. The van der Waals surface area contributed by atoms with Crippen molar-refractivity contribution < 1.29 is 14.6 Å². The fourth-order valence-electron chi connectivity index (χ4n) is 1.71. The van der Waals surface area contributed by atoms with E-state index in [4.69, 9.17) is 9.84 Å². The Bertz CT molecular complexity index is 607. The van der Waals surface area contributed by atoms with Gasteiger partial charge in [0, 0.05) is 12.6 Å². The lowest BCUT2D eigenvalue weighted by Crippen LogP contribution is -2.05. The average molecular weight is 311 g/mol. The number of nitrogens with zero attached hydrogens (tertiary/aromatic N) is 2. The molecule has 0 spiro atoms. The standard InChI is InChI=1S/C12H11BrN2O3/c1-15-6-14-10(11(15)12(16)17)7-3-4-9(18-2)8(13)5-7/h3-6H,1-2H3,(H,16,17). The molecule has 0 unspecified atom stereocenters. The maximum absolute atomic E-state index is 11.2. The Morgan fingerprint density at radius 1 is 1.50 bits per heavy atom. The SMILES string of the molecule is COc1ccc(-c2ncn(C)c2C(=O)O)cc1Br. The molecule has 0 aliphatic heterocycles. The normalized spacial score (nSPS) is 10.4. The van der Waals surface area contributed by atoms with Crippen LogP contribution in [0.15, 0.2) is 29.0 Å². The lowest BCUT2D eigenvalue weighted by molar-refractivity contribution is 0.0687. The molecule has 18 heavy (non-hydrogen) atoms. The number of aryl methyl sites for hydroxylation is 1. The Labute approximate surface area is 112 Å². The zero-order valence-corrected chi connectivity index (χ0v) is 11.4. The summed E-state index contributed by atoms with van der Waals surface area (Å²) in [5.41, 5.74) is 1.32. The number of carboxylic acids is 1. The van der Waals surface area contributed by atoms with Crippen molar-refractivity contribution >= 4 is 21.9 Å². The zero-order chi connectivity index (χ0) is 13.3. The van der Waals surface area contributed by atoms with Crippen molar-refractivity contribution in [2.24, 2.45) is 7.05 Å². The second-order valence-electron chi connectivity index (χ2n) is 3.71. The number of ether oxygens (including phenoxy) is 1. The van der Waals surface area contributed by atoms with Gasteiger partial charge >= 0.3 is 5.97 Å². The van der Waals surface area contributed by atoms with Crippen LogP contribution in [0.2, 0.25) is 0 Å². The van der Waals surface area contributed by atoms with E-state index < -0.39 is 5.97 Å². The van der Waals surface area contributed by atoms with Gasteiger partial charge in [-0.2, -0.15) is 0 Å². The Hall–Kier alpha value is -1.82. The number of hydrogen-bond acceptors (Lipinski definition) is 3. The van der Waals surface area contributed by atoms with Crippen molar-refractivity contribution in [1.29, 1.82) is 0 Å². The van der Waals surface area contributed by atoms with E-state index in [1.165, 1.54) is 10.9 Å². The van der Waals surface area contributed by atoms with Gasteiger partial charge in [-0.1, -0.05) is 0 Å². The van der Waals surface area contributed by atoms with Gasteiger partial charge in [0.15, 0.2) is 5.69 Å². The van der Waals surface area contributed by atoms with Gasteiger partial charge in [0.2, 0.25) is 0 Å². The van der Waals surface area contributed by atoms with Gasteiger partial charge in [0.1, 0.15) is 11.4 Å².